The van der Waals surface area contributed by atoms with Crippen LogP contribution < -0.4 is 0 Å². The number of ether oxygens (including phenoxy) is 3. The Hall–Kier alpha value is -0.980. The van der Waals surface area contributed by atoms with Crippen LogP contribution in [0.5, 0.6) is 0 Å². The van der Waals surface area contributed by atoms with Crippen LogP contribution in [0.4, 0.5) is 0 Å². The molecule has 1 aromatic carbocycles. The van der Waals surface area contributed by atoms with Gasteiger partial charge in [0.2, 0.25) is 0 Å². The Balaban J connectivity index is 1.06. The molecule has 0 amide bonds. The van der Waals surface area contributed by atoms with Gasteiger partial charge in [-0.3, -0.25) is 0 Å². The SMILES string of the molecule is CC(C)CCC[C@@H](C)[C@H]1CC[C@H]2[C@@H]3CCC4C[C@@H](O[C@H]5O[C@@H](C)[C@H](O)[C@@H](OCc6ccccc6)[C@H]5O)CC[C@]4(C)[C@H]3CC[C@]12C. The molecule has 1 aliphatic heterocycles. The summed E-state index contributed by atoms with van der Waals surface area (Å²) in [6, 6.07) is 9.91. The van der Waals surface area contributed by atoms with Crippen LogP contribution in [-0.2, 0) is 20.8 Å². The number of rotatable bonds is 10. The maximum absolute atomic E-state index is 11.3. The zero-order valence-electron chi connectivity index (χ0n) is 29.2. The number of benzene rings is 1. The van der Waals surface area contributed by atoms with Gasteiger partial charge in [0, 0.05) is 0 Å². The van der Waals surface area contributed by atoms with Crippen molar-refractivity contribution in [2.45, 2.75) is 162 Å². The third kappa shape index (κ3) is 6.69. The molecule has 4 aliphatic carbocycles. The van der Waals surface area contributed by atoms with Crippen LogP contribution in [0, 0.1) is 52.3 Å². The van der Waals surface area contributed by atoms with Gasteiger partial charge in [0.25, 0.3) is 0 Å². The molecule has 0 bridgehead atoms. The Morgan fingerprint density at radius 3 is 2.36 bits per heavy atom. The molecule has 6 rings (SSSR count). The number of aliphatic hydroxyl groups excluding tert-OH is 2. The Morgan fingerprint density at radius 2 is 1.60 bits per heavy atom. The molecule has 0 radical (unpaired) electrons. The molecule has 14 atom stereocenters. The minimum atomic E-state index is -1.02. The second kappa shape index (κ2) is 13.9. The number of hydrogen-bond donors (Lipinski definition) is 2. The first kappa shape index (κ1) is 33.9. The van der Waals surface area contributed by atoms with Crippen LogP contribution in [0.15, 0.2) is 30.3 Å². The highest BCUT2D eigenvalue weighted by Gasteiger charge is 2.61. The van der Waals surface area contributed by atoms with Crippen molar-refractivity contribution in [1.82, 2.24) is 0 Å². The van der Waals surface area contributed by atoms with Gasteiger partial charge in [-0.15, -0.1) is 0 Å². The van der Waals surface area contributed by atoms with E-state index in [2.05, 4.69) is 34.6 Å². The molecule has 1 unspecified atom stereocenters. The van der Waals surface area contributed by atoms with Gasteiger partial charge in [-0.25, -0.2) is 0 Å². The van der Waals surface area contributed by atoms with Crippen LogP contribution >= 0.6 is 0 Å². The topological polar surface area (TPSA) is 68.2 Å². The molecule has 5 nitrogen and oxygen atoms in total. The highest BCUT2D eigenvalue weighted by Crippen LogP contribution is 2.68. The molecule has 5 aliphatic rings. The van der Waals surface area contributed by atoms with Crippen LogP contribution in [0.3, 0.4) is 0 Å². The normalized spacial score (nSPS) is 45.5. The van der Waals surface area contributed by atoms with E-state index in [9.17, 15) is 10.2 Å². The van der Waals surface area contributed by atoms with E-state index in [1.54, 1.807) is 0 Å². The van der Waals surface area contributed by atoms with Crippen molar-refractivity contribution in [3.05, 3.63) is 35.9 Å². The molecule has 0 aromatic heterocycles. The summed E-state index contributed by atoms with van der Waals surface area (Å²) >= 11 is 0. The molecular formula is C40H64O5. The molecule has 5 heteroatoms. The van der Waals surface area contributed by atoms with Gasteiger partial charge in [0.1, 0.15) is 18.3 Å². The summed E-state index contributed by atoms with van der Waals surface area (Å²) in [5.74, 6) is 5.91. The molecule has 5 fully saturated rings. The third-order valence-electron chi connectivity index (χ3n) is 14.2. The Kier molecular flexibility index (Phi) is 10.4. The lowest BCUT2D eigenvalue weighted by Gasteiger charge is -2.61. The average Bonchev–Trinajstić information content (AvgIpc) is 3.37. The third-order valence-corrected chi connectivity index (χ3v) is 14.2. The van der Waals surface area contributed by atoms with Crippen molar-refractivity contribution >= 4 is 0 Å². The van der Waals surface area contributed by atoms with Crippen molar-refractivity contribution in [3.8, 4) is 0 Å². The predicted molar refractivity (Wildman–Crippen MR) is 179 cm³/mol. The summed E-state index contributed by atoms with van der Waals surface area (Å²) in [6.45, 7) is 14.8. The lowest BCUT2D eigenvalue weighted by Crippen LogP contribution is -2.59. The Bertz CT molecular complexity index is 1090. The molecule has 1 saturated heterocycles. The lowest BCUT2D eigenvalue weighted by atomic mass is 9.44. The van der Waals surface area contributed by atoms with E-state index < -0.39 is 30.7 Å². The van der Waals surface area contributed by atoms with Gasteiger partial charge >= 0.3 is 0 Å². The van der Waals surface area contributed by atoms with Crippen LogP contribution in [0.2, 0.25) is 0 Å². The van der Waals surface area contributed by atoms with Crippen molar-refractivity contribution in [2.24, 2.45) is 52.3 Å². The van der Waals surface area contributed by atoms with Crippen molar-refractivity contribution in [2.75, 3.05) is 0 Å². The maximum atomic E-state index is 11.3. The summed E-state index contributed by atoms with van der Waals surface area (Å²) in [4.78, 5) is 0. The standard InChI is InChI=1S/C40H64O5/c1-25(2)11-10-12-26(3)32-17-18-33-31-16-15-29-23-30(19-21-39(29,5)34(31)20-22-40(32,33)6)45-38-36(42)37(35(41)27(4)44-38)43-24-28-13-8-7-9-14-28/h7-9,13-14,25-27,29-38,41-42H,10-12,15-24H2,1-6H3/t26-,27+,29?,30+,31+,32-,33+,34+,35+,36-,37-,38-,39+,40-/m1/s1. The summed E-state index contributed by atoms with van der Waals surface area (Å²) in [6.07, 6.45) is 12.1. The molecule has 45 heavy (non-hydrogen) atoms. The molecule has 1 aromatic rings. The number of fused-ring (bicyclic) bond motifs is 5. The molecular weight excluding hydrogens is 560 g/mol. The van der Waals surface area contributed by atoms with E-state index in [0.717, 1.165) is 53.9 Å². The first-order chi connectivity index (χ1) is 21.5. The van der Waals surface area contributed by atoms with Crippen LogP contribution in [0.25, 0.3) is 0 Å². The van der Waals surface area contributed by atoms with E-state index in [1.807, 2.05) is 37.3 Å². The van der Waals surface area contributed by atoms with E-state index in [-0.39, 0.29) is 6.10 Å². The summed E-state index contributed by atoms with van der Waals surface area (Å²) < 4.78 is 18.7. The van der Waals surface area contributed by atoms with Gasteiger partial charge in [0.05, 0.1) is 18.8 Å². The Labute approximate surface area is 274 Å². The van der Waals surface area contributed by atoms with Gasteiger partial charge in [-0.1, -0.05) is 84.2 Å². The number of hydrogen-bond acceptors (Lipinski definition) is 5. The smallest absolute Gasteiger partial charge is 0.186 e. The molecule has 2 N–H and O–H groups in total. The first-order valence-corrected chi connectivity index (χ1v) is 18.8. The van der Waals surface area contributed by atoms with Crippen LogP contribution in [0.1, 0.15) is 124 Å². The molecule has 4 saturated carbocycles. The largest absolute Gasteiger partial charge is 0.388 e. The molecule has 0 spiro atoms. The summed E-state index contributed by atoms with van der Waals surface area (Å²) in [7, 11) is 0. The quantitative estimate of drug-likeness (QED) is 0.255. The predicted octanol–water partition coefficient (Wildman–Crippen LogP) is 8.54. The minimum Gasteiger partial charge on any atom is -0.388 e. The van der Waals surface area contributed by atoms with Gasteiger partial charge in [-0.05, 0) is 123 Å². The van der Waals surface area contributed by atoms with E-state index >= 15 is 0 Å². The summed E-state index contributed by atoms with van der Waals surface area (Å²) in [5, 5.41) is 22.1. The lowest BCUT2D eigenvalue weighted by molar-refractivity contribution is -0.316. The van der Waals surface area contributed by atoms with Gasteiger partial charge in [0.15, 0.2) is 6.29 Å². The van der Waals surface area contributed by atoms with Crippen LogP contribution in [-0.4, -0.2) is 47.0 Å². The fraction of sp³-hybridized carbons (Fsp3) is 0.850. The van der Waals surface area contributed by atoms with Gasteiger partial charge < -0.3 is 24.4 Å². The van der Waals surface area contributed by atoms with E-state index in [0.29, 0.717) is 23.4 Å². The fourth-order valence-corrected chi connectivity index (χ4v) is 11.6. The Morgan fingerprint density at radius 1 is 0.867 bits per heavy atom. The average molecular weight is 625 g/mol. The minimum absolute atomic E-state index is 0.0768. The fourth-order valence-electron chi connectivity index (χ4n) is 11.6. The monoisotopic (exact) mass is 624 g/mol. The van der Waals surface area contributed by atoms with E-state index in [4.69, 9.17) is 14.2 Å². The zero-order valence-corrected chi connectivity index (χ0v) is 29.2. The highest BCUT2D eigenvalue weighted by atomic mass is 16.7. The maximum Gasteiger partial charge on any atom is 0.186 e. The van der Waals surface area contributed by atoms with E-state index in [1.165, 1.54) is 64.2 Å². The second-order valence-electron chi connectivity index (χ2n) is 17.2. The molecule has 254 valence electrons. The van der Waals surface area contributed by atoms with Crippen molar-refractivity contribution in [3.63, 3.8) is 0 Å². The highest BCUT2D eigenvalue weighted by molar-refractivity contribution is 5.14. The van der Waals surface area contributed by atoms with Crippen molar-refractivity contribution in [1.29, 1.82) is 0 Å². The van der Waals surface area contributed by atoms with Crippen molar-refractivity contribution < 1.29 is 24.4 Å². The number of aliphatic hydroxyl groups is 2. The molecule has 1 heterocycles. The van der Waals surface area contributed by atoms with Gasteiger partial charge in [-0.2, -0.15) is 0 Å². The summed E-state index contributed by atoms with van der Waals surface area (Å²) in [5.41, 5.74) is 1.95. The second-order valence-corrected chi connectivity index (χ2v) is 17.2. The first-order valence-electron chi connectivity index (χ1n) is 18.8. The zero-order chi connectivity index (χ0) is 31.9.